The number of furan rings is 1. The van der Waals surface area contributed by atoms with Crippen LogP contribution >= 0.6 is 23.4 Å². The summed E-state index contributed by atoms with van der Waals surface area (Å²) in [5.41, 5.74) is 0. The molecule has 9 nitrogen and oxygen atoms in total. The molecule has 2 N–H and O–H groups in total. The zero-order valence-corrected chi connectivity index (χ0v) is 17.9. The molecular formula is C19H20ClN5O4S. The van der Waals surface area contributed by atoms with E-state index < -0.39 is 17.2 Å². The van der Waals surface area contributed by atoms with Crippen molar-refractivity contribution in [3.05, 3.63) is 59.3 Å². The van der Waals surface area contributed by atoms with Gasteiger partial charge in [0.2, 0.25) is 5.91 Å². The highest BCUT2D eigenvalue weighted by atomic mass is 35.5. The summed E-state index contributed by atoms with van der Waals surface area (Å²) in [6, 6.07) is 10.0. The van der Waals surface area contributed by atoms with E-state index in [1.54, 1.807) is 43.5 Å². The number of nitrogens with zero attached hydrogens (tertiary/aromatic N) is 3. The van der Waals surface area contributed by atoms with Gasteiger partial charge in [-0.25, -0.2) is 4.79 Å². The Kier molecular flexibility index (Phi) is 7.36. The molecule has 0 bridgehead atoms. The molecule has 0 spiro atoms. The molecule has 0 aliphatic rings. The van der Waals surface area contributed by atoms with Crippen molar-refractivity contribution in [1.29, 1.82) is 0 Å². The Morgan fingerprint density at radius 3 is 2.70 bits per heavy atom. The van der Waals surface area contributed by atoms with Gasteiger partial charge in [-0.1, -0.05) is 23.4 Å². The summed E-state index contributed by atoms with van der Waals surface area (Å²) in [7, 11) is 1.44. The highest BCUT2D eigenvalue weighted by Gasteiger charge is 2.22. The number of amides is 3. The van der Waals surface area contributed by atoms with Crippen molar-refractivity contribution in [2.24, 2.45) is 0 Å². The number of aromatic nitrogens is 3. The van der Waals surface area contributed by atoms with Crippen LogP contribution in [0.15, 0.2) is 52.2 Å². The lowest BCUT2D eigenvalue weighted by molar-refractivity contribution is -0.119. The third-order valence-electron chi connectivity index (χ3n) is 3.98. The van der Waals surface area contributed by atoms with Gasteiger partial charge in [0, 0.05) is 12.1 Å². The monoisotopic (exact) mass is 449 g/mol. The lowest BCUT2D eigenvalue weighted by atomic mass is 10.3. The number of hydrogen-bond donors (Lipinski definition) is 2. The number of carbonyl (C=O) groups is 2. The molecule has 0 fully saturated rings. The third-order valence-corrected chi connectivity index (χ3v) is 5.32. The maximum atomic E-state index is 12.2. The fourth-order valence-corrected chi connectivity index (χ4v) is 3.39. The Balaban J connectivity index is 1.76. The van der Waals surface area contributed by atoms with Crippen LogP contribution < -0.4 is 15.4 Å². The fourth-order valence-electron chi connectivity index (χ4n) is 2.40. The van der Waals surface area contributed by atoms with E-state index in [2.05, 4.69) is 20.8 Å². The van der Waals surface area contributed by atoms with Gasteiger partial charge in [-0.3, -0.25) is 14.7 Å². The number of hydrogen-bond acceptors (Lipinski definition) is 7. The molecule has 3 aromatic rings. The lowest BCUT2D eigenvalue weighted by Gasteiger charge is -2.13. The zero-order chi connectivity index (χ0) is 21.5. The molecule has 0 aliphatic heterocycles. The topological polar surface area (TPSA) is 111 Å². The molecule has 2 aromatic heterocycles. The first-order valence-corrected chi connectivity index (χ1v) is 10.2. The number of benzene rings is 1. The van der Waals surface area contributed by atoms with Crippen molar-refractivity contribution < 1.29 is 18.7 Å². The van der Waals surface area contributed by atoms with Gasteiger partial charge in [0.05, 0.1) is 18.1 Å². The molecule has 3 amide bonds. The summed E-state index contributed by atoms with van der Waals surface area (Å²) < 4.78 is 13.0. The van der Waals surface area contributed by atoms with Crippen molar-refractivity contribution in [2.45, 2.75) is 30.5 Å². The van der Waals surface area contributed by atoms with Crippen LogP contribution in [-0.4, -0.2) is 39.0 Å². The predicted molar refractivity (Wildman–Crippen MR) is 112 cm³/mol. The molecule has 0 unspecified atom stereocenters. The van der Waals surface area contributed by atoms with Gasteiger partial charge in [0.25, 0.3) is 0 Å². The first-order valence-electron chi connectivity index (χ1n) is 8.98. The summed E-state index contributed by atoms with van der Waals surface area (Å²) in [4.78, 5) is 23.6. The lowest BCUT2D eigenvalue weighted by Crippen LogP contribution is -2.41. The molecule has 158 valence electrons. The summed E-state index contributed by atoms with van der Waals surface area (Å²) in [5, 5.41) is 13.5. The van der Waals surface area contributed by atoms with E-state index in [0.717, 1.165) is 0 Å². The smallest absolute Gasteiger partial charge is 0.321 e. The Bertz CT molecular complexity index is 991. The normalized spacial score (nSPS) is 11.7. The minimum atomic E-state index is -0.577. The minimum absolute atomic E-state index is 0.161. The summed E-state index contributed by atoms with van der Waals surface area (Å²) in [5.74, 6) is 1.46. The first kappa shape index (κ1) is 21.7. The molecule has 1 atom stereocenters. The van der Waals surface area contributed by atoms with E-state index in [1.807, 2.05) is 10.6 Å². The van der Waals surface area contributed by atoms with E-state index in [1.165, 1.54) is 18.8 Å². The molecule has 0 aliphatic carbocycles. The quantitative estimate of drug-likeness (QED) is 0.508. The number of carbonyl (C=O) groups excluding carboxylic acids is 2. The summed E-state index contributed by atoms with van der Waals surface area (Å²) >= 11 is 7.08. The minimum Gasteiger partial charge on any atom is -0.486 e. The Morgan fingerprint density at radius 1 is 1.27 bits per heavy atom. The summed E-state index contributed by atoms with van der Waals surface area (Å²) in [6.45, 7) is 2.21. The number of nitrogens with one attached hydrogen (secondary N) is 2. The van der Waals surface area contributed by atoms with Crippen LogP contribution in [-0.2, 0) is 17.9 Å². The average Bonchev–Trinajstić information content (AvgIpc) is 3.38. The van der Waals surface area contributed by atoms with Crippen LogP contribution in [0.1, 0.15) is 18.5 Å². The van der Waals surface area contributed by atoms with Gasteiger partial charge < -0.3 is 14.5 Å². The van der Waals surface area contributed by atoms with Crippen LogP contribution in [0.2, 0.25) is 5.02 Å². The van der Waals surface area contributed by atoms with Crippen LogP contribution in [0, 0.1) is 0 Å². The second kappa shape index (κ2) is 10.2. The van der Waals surface area contributed by atoms with Crippen molar-refractivity contribution in [2.75, 3.05) is 7.05 Å². The second-order valence-corrected chi connectivity index (χ2v) is 7.88. The van der Waals surface area contributed by atoms with Gasteiger partial charge in [-0.05, 0) is 43.3 Å². The molecule has 0 saturated carbocycles. The van der Waals surface area contributed by atoms with E-state index >= 15 is 0 Å². The summed E-state index contributed by atoms with van der Waals surface area (Å²) in [6.07, 6.45) is 1.58. The Labute approximate surface area is 182 Å². The number of thioether (sulfide) groups is 1. The van der Waals surface area contributed by atoms with Gasteiger partial charge in [-0.15, -0.1) is 10.2 Å². The molecule has 3 rings (SSSR count). The Morgan fingerprint density at radius 2 is 2.03 bits per heavy atom. The molecular weight excluding hydrogens is 430 g/mol. The van der Waals surface area contributed by atoms with Gasteiger partial charge in [-0.2, -0.15) is 0 Å². The van der Waals surface area contributed by atoms with Crippen LogP contribution in [0.5, 0.6) is 5.75 Å². The van der Waals surface area contributed by atoms with Gasteiger partial charge >= 0.3 is 6.03 Å². The van der Waals surface area contributed by atoms with Crippen LogP contribution in [0.25, 0.3) is 0 Å². The molecule has 11 heteroatoms. The molecule has 30 heavy (non-hydrogen) atoms. The molecule has 0 saturated heterocycles. The zero-order valence-electron chi connectivity index (χ0n) is 16.3. The van der Waals surface area contributed by atoms with E-state index in [9.17, 15) is 9.59 Å². The number of ether oxygens (including phenoxy) is 1. The van der Waals surface area contributed by atoms with Crippen molar-refractivity contribution in [3.8, 4) is 5.75 Å². The molecule has 1 aromatic carbocycles. The predicted octanol–water partition coefficient (Wildman–Crippen LogP) is 3.09. The number of imide groups is 1. The first-order chi connectivity index (χ1) is 14.5. The molecule has 0 radical (unpaired) electrons. The highest BCUT2D eigenvalue weighted by Crippen LogP contribution is 2.24. The maximum Gasteiger partial charge on any atom is 0.321 e. The fraction of sp³-hybridized carbons (Fsp3) is 0.263. The van der Waals surface area contributed by atoms with Crippen molar-refractivity contribution in [3.63, 3.8) is 0 Å². The van der Waals surface area contributed by atoms with Crippen molar-refractivity contribution >= 4 is 35.3 Å². The SMILES string of the molecule is CNC(=O)NC(=O)[C@H](C)Sc1nnc(COc2ccc(Cl)cc2)n1Cc1ccco1. The van der Waals surface area contributed by atoms with Crippen molar-refractivity contribution in [1.82, 2.24) is 25.4 Å². The second-order valence-electron chi connectivity index (χ2n) is 6.14. The Hall–Kier alpha value is -2.98. The standard InChI is InChI=1S/C19H20ClN5O4S/c1-12(17(26)22-18(27)21-2)30-19-24-23-16(25(19)10-15-4-3-9-28-15)11-29-14-7-5-13(20)6-8-14/h3-9,12H,10-11H2,1-2H3,(H2,21,22,26,27)/t12-/m0/s1. The van der Waals surface area contributed by atoms with Gasteiger partial charge in [0.1, 0.15) is 18.1 Å². The number of halogens is 1. The van der Waals surface area contributed by atoms with Crippen LogP contribution in [0.3, 0.4) is 0 Å². The molecule has 2 heterocycles. The van der Waals surface area contributed by atoms with Crippen LogP contribution in [0.4, 0.5) is 4.79 Å². The maximum absolute atomic E-state index is 12.2. The van der Waals surface area contributed by atoms with Gasteiger partial charge in [0.15, 0.2) is 11.0 Å². The van der Waals surface area contributed by atoms with E-state index in [4.69, 9.17) is 20.8 Å². The van der Waals surface area contributed by atoms with E-state index in [0.29, 0.717) is 34.1 Å². The van der Waals surface area contributed by atoms with E-state index in [-0.39, 0.29) is 6.61 Å². The largest absolute Gasteiger partial charge is 0.486 e. The number of rotatable bonds is 8. The number of urea groups is 1. The highest BCUT2D eigenvalue weighted by molar-refractivity contribution is 8.00. The average molecular weight is 450 g/mol. The third kappa shape index (κ3) is 5.77.